The molecular formula is C20H27NO4. The Morgan fingerprint density at radius 1 is 1.40 bits per heavy atom. The molecule has 1 aromatic heterocycles. The number of epoxide rings is 1. The van der Waals surface area contributed by atoms with Crippen LogP contribution in [0.2, 0.25) is 0 Å². The molecule has 4 fully saturated rings. The van der Waals surface area contributed by atoms with E-state index in [1.807, 2.05) is 12.1 Å². The van der Waals surface area contributed by atoms with Crippen molar-refractivity contribution < 1.29 is 18.7 Å². The molecule has 0 unspecified atom stereocenters. The van der Waals surface area contributed by atoms with Gasteiger partial charge in [-0.2, -0.15) is 0 Å². The van der Waals surface area contributed by atoms with E-state index in [1.165, 1.54) is 19.3 Å². The van der Waals surface area contributed by atoms with E-state index in [9.17, 15) is 4.79 Å². The molecule has 2 aliphatic heterocycles. The molecule has 5 heteroatoms. The molecule has 1 aromatic rings. The normalized spacial score (nSPS) is 47.6. The summed E-state index contributed by atoms with van der Waals surface area (Å²) in [5.41, 5.74) is 0.146. The van der Waals surface area contributed by atoms with Gasteiger partial charge in [-0.05, 0) is 37.3 Å². The third-order valence-electron chi connectivity index (χ3n) is 7.44. The van der Waals surface area contributed by atoms with Gasteiger partial charge >= 0.3 is 5.97 Å². The van der Waals surface area contributed by atoms with Crippen molar-refractivity contribution >= 4 is 5.97 Å². The van der Waals surface area contributed by atoms with Gasteiger partial charge < -0.3 is 19.2 Å². The first-order chi connectivity index (χ1) is 12.1. The average molecular weight is 345 g/mol. The van der Waals surface area contributed by atoms with Gasteiger partial charge in [-0.3, -0.25) is 4.79 Å². The Morgan fingerprint density at radius 2 is 2.28 bits per heavy atom. The van der Waals surface area contributed by atoms with E-state index in [0.717, 1.165) is 12.2 Å². The van der Waals surface area contributed by atoms with Crippen LogP contribution in [0.25, 0.3) is 0 Å². The lowest BCUT2D eigenvalue weighted by atomic mass is 9.53. The fourth-order valence-corrected chi connectivity index (χ4v) is 6.23. The Bertz CT molecular complexity index is 673. The van der Waals surface area contributed by atoms with Gasteiger partial charge in [0.25, 0.3) is 0 Å². The zero-order chi connectivity index (χ0) is 17.2. The Balaban J connectivity index is 1.33. The van der Waals surface area contributed by atoms with Gasteiger partial charge in [-0.1, -0.05) is 20.3 Å². The summed E-state index contributed by atoms with van der Waals surface area (Å²) in [5.74, 6) is 1.50. The number of fused-ring (bicyclic) bond motifs is 2. The van der Waals surface area contributed by atoms with Crippen LogP contribution in [0.15, 0.2) is 22.8 Å². The lowest BCUT2D eigenvalue weighted by Gasteiger charge is -2.48. The van der Waals surface area contributed by atoms with Gasteiger partial charge in [0.2, 0.25) is 0 Å². The van der Waals surface area contributed by atoms with E-state index in [1.54, 1.807) is 6.26 Å². The lowest BCUT2D eigenvalue weighted by Crippen LogP contribution is -2.54. The number of esters is 1. The predicted octanol–water partition coefficient (Wildman–Crippen LogP) is 2.89. The van der Waals surface area contributed by atoms with Gasteiger partial charge in [0, 0.05) is 17.9 Å². The van der Waals surface area contributed by atoms with Crippen molar-refractivity contribution in [3.8, 4) is 0 Å². The number of carbonyl (C=O) groups excluding carboxylic acids is 1. The maximum Gasteiger partial charge on any atom is 0.311 e. The smallest absolute Gasteiger partial charge is 0.311 e. The van der Waals surface area contributed by atoms with Crippen molar-refractivity contribution in [1.29, 1.82) is 0 Å². The highest BCUT2D eigenvalue weighted by molar-refractivity contribution is 5.76. The van der Waals surface area contributed by atoms with Crippen LogP contribution in [0.4, 0.5) is 0 Å². The largest absolute Gasteiger partial charge is 0.468 e. The molecule has 0 radical (unpaired) electrons. The monoisotopic (exact) mass is 345 g/mol. The van der Waals surface area contributed by atoms with Crippen molar-refractivity contribution in [3.05, 3.63) is 24.2 Å². The fourth-order valence-electron chi connectivity index (χ4n) is 6.23. The molecule has 1 N–H and O–H groups in total. The number of nitrogens with one attached hydrogen (secondary N) is 1. The van der Waals surface area contributed by atoms with E-state index >= 15 is 0 Å². The van der Waals surface area contributed by atoms with Gasteiger partial charge in [-0.25, -0.2) is 0 Å². The van der Waals surface area contributed by atoms with Crippen molar-refractivity contribution in [2.45, 2.75) is 63.9 Å². The van der Waals surface area contributed by atoms with Gasteiger partial charge in [-0.15, -0.1) is 0 Å². The van der Waals surface area contributed by atoms with Crippen molar-refractivity contribution in [3.63, 3.8) is 0 Å². The predicted molar refractivity (Wildman–Crippen MR) is 90.6 cm³/mol. The molecule has 1 spiro atoms. The first-order valence-corrected chi connectivity index (χ1v) is 9.66. The van der Waals surface area contributed by atoms with Crippen molar-refractivity contribution in [2.24, 2.45) is 23.2 Å². The zero-order valence-electron chi connectivity index (χ0n) is 15.0. The third-order valence-corrected chi connectivity index (χ3v) is 7.44. The summed E-state index contributed by atoms with van der Waals surface area (Å²) >= 11 is 0. The highest BCUT2D eigenvalue weighted by Crippen LogP contribution is 2.70. The fraction of sp³-hybridized carbons (Fsp3) is 0.750. The SMILES string of the molecule is C[C@H]1CCC[C@]2(C)C[C@H]3OC(=O)[C@H](CNCc4ccco4)[C@H]3[C@H]3O[C@]312. The zero-order valence-corrected chi connectivity index (χ0v) is 15.0. The second kappa shape index (κ2) is 5.34. The summed E-state index contributed by atoms with van der Waals surface area (Å²) in [6, 6.07) is 3.82. The highest BCUT2D eigenvalue weighted by Gasteiger charge is 2.78. The first kappa shape index (κ1) is 15.9. The van der Waals surface area contributed by atoms with Crippen molar-refractivity contribution in [1.82, 2.24) is 5.32 Å². The Labute approximate surface area is 148 Å². The molecule has 0 bridgehead atoms. The van der Waals surface area contributed by atoms with Crippen LogP contribution in [-0.2, 0) is 20.8 Å². The average Bonchev–Trinajstić information content (AvgIpc) is 2.97. The maximum absolute atomic E-state index is 12.5. The Morgan fingerprint density at radius 3 is 3.08 bits per heavy atom. The van der Waals surface area contributed by atoms with Crippen LogP contribution in [0.3, 0.4) is 0 Å². The minimum Gasteiger partial charge on any atom is -0.468 e. The molecule has 5 rings (SSSR count). The van der Waals surface area contributed by atoms with Crippen molar-refractivity contribution in [2.75, 3.05) is 6.54 Å². The van der Waals surface area contributed by atoms with E-state index in [-0.39, 0.29) is 41.0 Å². The molecule has 7 atom stereocenters. The van der Waals surface area contributed by atoms with Crippen LogP contribution in [0, 0.1) is 23.2 Å². The summed E-state index contributed by atoms with van der Waals surface area (Å²) < 4.78 is 17.6. The van der Waals surface area contributed by atoms with Gasteiger partial charge in [0.15, 0.2) is 0 Å². The molecule has 4 aliphatic rings. The minimum absolute atomic E-state index is 0.0142. The van der Waals surface area contributed by atoms with E-state index in [0.29, 0.717) is 19.0 Å². The molecular weight excluding hydrogens is 318 g/mol. The number of hydrogen-bond acceptors (Lipinski definition) is 5. The van der Waals surface area contributed by atoms with Crippen LogP contribution >= 0.6 is 0 Å². The van der Waals surface area contributed by atoms with Crippen LogP contribution in [-0.4, -0.2) is 30.3 Å². The molecule has 3 heterocycles. The maximum atomic E-state index is 12.5. The summed E-state index contributed by atoms with van der Waals surface area (Å²) in [4.78, 5) is 12.5. The Hall–Kier alpha value is -1.33. The Kier molecular flexibility index (Phi) is 3.39. The van der Waals surface area contributed by atoms with Gasteiger partial charge in [0.1, 0.15) is 17.5 Å². The number of rotatable bonds is 4. The molecule has 2 saturated carbocycles. The van der Waals surface area contributed by atoms with E-state index in [4.69, 9.17) is 13.9 Å². The lowest BCUT2D eigenvalue weighted by molar-refractivity contribution is -0.146. The molecule has 2 aliphatic carbocycles. The first-order valence-electron chi connectivity index (χ1n) is 9.66. The topological polar surface area (TPSA) is 64.0 Å². The standard InChI is InChI=1S/C20H27NO4/c1-12-5-3-7-19(2)9-15-16(17-20(12,19)25-17)14(18(22)24-15)11-21-10-13-6-4-8-23-13/h4,6,8,12,14-17,21H,3,5,7,9-11H2,1-2H3/t12-,14+,15+,16+,17+,19+,20-/m0/s1. The van der Waals surface area contributed by atoms with Crippen LogP contribution < -0.4 is 5.32 Å². The van der Waals surface area contributed by atoms with E-state index in [2.05, 4.69) is 19.2 Å². The second-order valence-corrected chi connectivity index (χ2v) is 8.76. The molecule has 25 heavy (non-hydrogen) atoms. The third kappa shape index (κ3) is 2.12. The number of carbonyl (C=O) groups is 1. The van der Waals surface area contributed by atoms with Gasteiger partial charge in [0.05, 0.1) is 24.8 Å². The minimum atomic E-state index is -0.108. The molecule has 0 amide bonds. The van der Waals surface area contributed by atoms with Crippen LogP contribution in [0.1, 0.15) is 45.3 Å². The quantitative estimate of drug-likeness (QED) is 0.671. The molecule has 136 valence electrons. The summed E-state index contributed by atoms with van der Waals surface area (Å²) in [6.45, 7) is 5.95. The van der Waals surface area contributed by atoms with E-state index < -0.39 is 0 Å². The summed E-state index contributed by atoms with van der Waals surface area (Å²) in [5, 5.41) is 3.37. The number of hydrogen-bond donors (Lipinski definition) is 1. The summed E-state index contributed by atoms with van der Waals surface area (Å²) in [7, 11) is 0. The molecule has 0 aromatic carbocycles. The molecule has 2 saturated heterocycles. The number of ether oxygens (including phenoxy) is 2. The van der Waals surface area contributed by atoms with Crippen LogP contribution in [0.5, 0.6) is 0 Å². The summed E-state index contributed by atoms with van der Waals surface area (Å²) in [6.07, 6.45) is 6.53. The molecule has 5 nitrogen and oxygen atoms in total. The highest BCUT2D eigenvalue weighted by atomic mass is 16.6. The second-order valence-electron chi connectivity index (χ2n) is 8.76. The number of furan rings is 1.